The molecular weight excluding hydrogens is 259 g/mol. The molecule has 20 heavy (non-hydrogen) atoms. The van der Waals surface area contributed by atoms with Crippen LogP contribution in [0.15, 0.2) is 18.2 Å². The van der Waals surface area contributed by atoms with Gasteiger partial charge in [0.15, 0.2) is 0 Å². The Labute approximate surface area is 118 Å². The first-order valence-corrected chi connectivity index (χ1v) is 6.28. The number of hydrogen-bond acceptors (Lipinski definition) is 2. The van der Waals surface area contributed by atoms with Crippen LogP contribution in [0.1, 0.15) is 26.3 Å². The van der Waals surface area contributed by atoms with Crippen molar-refractivity contribution in [3.63, 3.8) is 0 Å². The molecule has 3 N–H and O–H groups in total. The lowest BCUT2D eigenvalue weighted by molar-refractivity contribution is 0.236. The molecule has 5 nitrogen and oxygen atoms in total. The van der Waals surface area contributed by atoms with Crippen molar-refractivity contribution in [1.82, 2.24) is 10.6 Å². The van der Waals surface area contributed by atoms with Gasteiger partial charge in [0.1, 0.15) is 5.82 Å². The minimum atomic E-state index is -0.497. The van der Waals surface area contributed by atoms with Crippen molar-refractivity contribution < 1.29 is 9.18 Å². The Hall–Kier alpha value is -2.11. The van der Waals surface area contributed by atoms with Crippen LogP contribution in [0.2, 0.25) is 0 Å². The van der Waals surface area contributed by atoms with Crippen molar-refractivity contribution in [2.24, 2.45) is 0 Å². The molecule has 2 amide bonds. The first kappa shape index (κ1) is 15.9. The molecule has 0 atom stereocenters. The summed E-state index contributed by atoms with van der Waals surface area (Å²) in [6.45, 7) is 7.25. The minimum absolute atomic E-state index is 0.194. The summed E-state index contributed by atoms with van der Waals surface area (Å²) in [6, 6.07) is 4.17. The van der Waals surface area contributed by atoms with Crippen molar-refractivity contribution in [2.45, 2.75) is 33.2 Å². The zero-order valence-corrected chi connectivity index (χ0v) is 12.5. The average Bonchev–Trinajstić information content (AvgIpc) is 2.25. The largest absolute Gasteiger partial charge is 0.333 e. The fourth-order valence-corrected chi connectivity index (χ4v) is 1.72. The lowest BCUT2D eigenvalue weighted by atomic mass is 10.1. The third kappa shape index (κ3) is 4.22. The zero-order chi connectivity index (χ0) is 15.5. The van der Waals surface area contributed by atoms with Gasteiger partial charge in [0.05, 0.1) is 5.69 Å². The summed E-state index contributed by atoms with van der Waals surface area (Å²) < 4.78 is 13.8. The number of amides is 2. The van der Waals surface area contributed by atoms with E-state index in [1.165, 1.54) is 18.0 Å². The van der Waals surface area contributed by atoms with E-state index in [-0.39, 0.29) is 11.6 Å². The number of carbonyl (C=O) groups is 1. The fourth-order valence-electron chi connectivity index (χ4n) is 1.72. The van der Waals surface area contributed by atoms with Gasteiger partial charge in [-0.3, -0.25) is 10.7 Å². The Bertz CT molecular complexity index is 502. The van der Waals surface area contributed by atoms with Gasteiger partial charge in [-0.15, -0.1) is 0 Å². The number of carbonyl (C=O) groups excluding carboxylic acids is 1. The summed E-state index contributed by atoms with van der Waals surface area (Å²) in [5.74, 6) is -0.629. The highest BCUT2D eigenvalue weighted by atomic mass is 19.1. The second-order valence-corrected chi connectivity index (χ2v) is 5.64. The Balaban J connectivity index is 2.80. The number of benzene rings is 1. The van der Waals surface area contributed by atoms with Crippen molar-refractivity contribution in [3.05, 3.63) is 29.6 Å². The van der Waals surface area contributed by atoms with Gasteiger partial charge in [0, 0.05) is 12.6 Å². The maximum absolute atomic E-state index is 13.8. The minimum Gasteiger partial charge on any atom is -0.333 e. The summed E-state index contributed by atoms with van der Waals surface area (Å²) in [5, 5.41) is 12.9. The number of urea groups is 1. The number of rotatable bonds is 1. The molecule has 0 saturated carbocycles. The highest BCUT2D eigenvalue weighted by molar-refractivity contribution is 6.03. The fraction of sp³-hybridized carbons (Fsp3) is 0.429. The number of aryl methyl sites for hydroxylation is 1. The van der Waals surface area contributed by atoms with Gasteiger partial charge in [0.2, 0.25) is 5.96 Å². The highest BCUT2D eigenvalue weighted by Gasteiger charge is 2.18. The molecule has 0 spiro atoms. The molecule has 6 heteroatoms. The smallest absolute Gasteiger partial charge is 0.321 e. The van der Waals surface area contributed by atoms with Gasteiger partial charge in [-0.1, -0.05) is 12.1 Å². The average molecular weight is 280 g/mol. The maximum Gasteiger partial charge on any atom is 0.321 e. The van der Waals surface area contributed by atoms with Crippen molar-refractivity contribution in [1.29, 1.82) is 5.41 Å². The van der Waals surface area contributed by atoms with Gasteiger partial charge < -0.3 is 10.2 Å². The second kappa shape index (κ2) is 5.90. The van der Waals surface area contributed by atoms with E-state index in [1.807, 2.05) is 20.8 Å². The summed E-state index contributed by atoms with van der Waals surface area (Å²) in [6.07, 6.45) is 0. The van der Waals surface area contributed by atoms with Crippen LogP contribution in [-0.4, -0.2) is 24.6 Å². The monoisotopic (exact) mass is 280 g/mol. The zero-order valence-electron chi connectivity index (χ0n) is 12.5. The van der Waals surface area contributed by atoms with Crippen LogP contribution in [0.4, 0.5) is 14.9 Å². The van der Waals surface area contributed by atoms with Gasteiger partial charge in [0.25, 0.3) is 0 Å². The third-order valence-corrected chi connectivity index (χ3v) is 2.58. The quantitative estimate of drug-likeness (QED) is 0.547. The van der Waals surface area contributed by atoms with Crippen LogP contribution in [0, 0.1) is 18.2 Å². The standard InChI is InChI=1S/C14H21FN4O/c1-9-7-6-8-10(15)11(9)19(5)12(16)17-13(20)18-14(2,3)4/h6-8H,1-5H3,(H3,16,17,18,20). The van der Waals surface area contributed by atoms with E-state index >= 15 is 0 Å². The summed E-state index contributed by atoms with van der Waals surface area (Å²) in [7, 11) is 1.53. The van der Waals surface area contributed by atoms with E-state index in [0.29, 0.717) is 5.56 Å². The summed E-state index contributed by atoms with van der Waals surface area (Å²) >= 11 is 0. The summed E-state index contributed by atoms with van der Waals surface area (Å²) in [4.78, 5) is 13.0. The molecule has 0 bridgehead atoms. The molecule has 0 heterocycles. The van der Waals surface area contributed by atoms with E-state index in [4.69, 9.17) is 5.41 Å². The molecule has 110 valence electrons. The van der Waals surface area contributed by atoms with E-state index in [9.17, 15) is 9.18 Å². The number of halogens is 1. The van der Waals surface area contributed by atoms with E-state index in [1.54, 1.807) is 19.1 Å². The number of anilines is 1. The molecule has 1 aromatic rings. The molecule has 1 aromatic carbocycles. The third-order valence-electron chi connectivity index (χ3n) is 2.58. The van der Waals surface area contributed by atoms with Crippen LogP contribution in [0.5, 0.6) is 0 Å². The first-order valence-electron chi connectivity index (χ1n) is 6.28. The number of nitrogens with zero attached hydrogens (tertiary/aromatic N) is 1. The van der Waals surface area contributed by atoms with Gasteiger partial charge in [-0.2, -0.15) is 0 Å². The van der Waals surface area contributed by atoms with E-state index in [2.05, 4.69) is 10.6 Å². The Morgan fingerprint density at radius 3 is 2.45 bits per heavy atom. The Kier molecular flexibility index (Phi) is 4.70. The van der Waals surface area contributed by atoms with Crippen LogP contribution in [0.3, 0.4) is 0 Å². The maximum atomic E-state index is 13.8. The molecular formula is C14H21FN4O. The van der Waals surface area contributed by atoms with Gasteiger partial charge in [-0.05, 0) is 39.3 Å². The first-order chi connectivity index (χ1) is 9.11. The van der Waals surface area contributed by atoms with Crippen LogP contribution in [-0.2, 0) is 0 Å². The normalized spacial score (nSPS) is 10.9. The topological polar surface area (TPSA) is 68.2 Å². The lowest BCUT2D eigenvalue weighted by Crippen LogP contribution is -2.51. The number of nitrogens with one attached hydrogen (secondary N) is 3. The lowest BCUT2D eigenvalue weighted by Gasteiger charge is -2.25. The molecule has 0 aliphatic carbocycles. The predicted molar refractivity (Wildman–Crippen MR) is 78.7 cm³/mol. The van der Waals surface area contributed by atoms with Gasteiger partial charge >= 0.3 is 6.03 Å². The SMILES string of the molecule is Cc1cccc(F)c1N(C)C(=N)NC(=O)NC(C)(C)C. The van der Waals surface area contributed by atoms with Gasteiger partial charge in [-0.25, -0.2) is 9.18 Å². The molecule has 0 unspecified atom stereocenters. The highest BCUT2D eigenvalue weighted by Crippen LogP contribution is 2.22. The van der Waals surface area contributed by atoms with Crippen molar-refractivity contribution in [3.8, 4) is 0 Å². The van der Waals surface area contributed by atoms with E-state index < -0.39 is 17.4 Å². The van der Waals surface area contributed by atoms with Crippen LogP contribution in [0.25, 0.3) is 0 Å². The predicted octanol–water partition coefficient (Wildman–Crippen LogP) is 2.60. The second-order valence-electron chi connectivity index (χ2n) is 5.64. The van der Waals surface area contributed by atoms with Crippen molar-refractivity contribution in [2.75, 3.05) is 11.9 Å². The molecule has 1 rings (SSSR count). The Morgan fingerprint density at radius 2 is 1.95 bits per heavy atom. The molecule has 0 aliphatic heterocycles. The molecule has 0 saturated heterocycles. The molecule has 0 radical (unpaired) electrons. The van der Waals surface area contributed by atoms with Crippen molar-refractivity contribution >= 4 is 17.7 Å². The number of guanidine groups is 1. The molecule has 0 fully saturated rings. The molecule has 0 aliphatic rings. The number of para-hydroxylation sites is 1. The summed E-state index contributed by atoms with van der Waals surface area (Å²) in [5.41, 5.74) is 0.556. The number of hydrogen-bond donors (Lipinski definition) is 3. The van der Waals surface area contributed by atoms with Crippen LogP contribution < -0.4 is 15.5 Å². The molecule has 0 aromatic heterocycles. The van der Waals surface area contributed by atoms with E-state index in [0.717, 1.165) is 0 Å². The Morgan fingerprint density at radius 1 is 1.35 bits per heavy atom. The van der Waals surface area contributed by atoms with Crippen LogP contribution >= 0.6 is 0 Å².